The van der Waals surface area contributed by atoms with Gasteiger partial charge in [-0.1, -0.05) is 29.8 Å². The maximum absolute atomic E-state index is 12.9. The normalized spacial score (nSPS) is 12.0. The SMILES string of the molecule is CCOC(=O)C[C@H](NC(=O)Nc1c(O)cc(C)n(C)c1=O)c1cc(C)cc(-c2cccc(OC(F)(F)F)c2)c1. The van der Waals surface area contributed by atoms with Crippen LogP contribution in [0.4, 0.5) is 23.7 Å². The van der Waals surface area contributed by atoms with Crippen molar-refractivity contribution in [3.63, 3.8) is 0 Å². The van der Waals surface area contributed by atoms with Crippen molar-refractivity contribution in [2.75, 3.05) is 11.9 Å². The molecule has 0 fully saturated rings. The molecule has 3 aromatic rings. The number of benzene rings is 2. The van der Waals surface area contributed by atoms with E-state index in [1.807, 2.05) is 0 Å². The number of urea groups is 1. The molecule has 0 spiro atoms. The van der Waals surface area contributed by atoms with E-state index in [0.29, 0.717) is 27.9 Å². The quantitative estimate of drug-likeness (QED) is 0.338. The smallest absolute Gasteiger partial charge is 0.505 e. The Morgan fingerprint density at radius 2 is 1.79 bits per heavy atom. The van der Waals surface area contributed by atoms with E-state index in [1.165, 1.54) is 35.9 Å². The van der Waals surface area contributed by atoms with E-state index in [4.69, 9.17) is 4.74 Å². The minimum absolute atomic E-state index is 0.107. The summed E-state index contributed by atoms with van der Waals surface area (Å²) in [6, 6.07) is 9.95. The first kappa shape index (κ1) is 29.1. The van der Waals surface area contributed by atoms with Gasteiger partial charge < -0.3 is 29.8 Å². The van der Waals surface area contributed by atoms with Crippen molar-refractivity contribution in [1.29, 1.82) is 0 Å². The monoisotopic (exact) mass is 547 g/mol. The van der Waals surface area contributed by atoms with Crippen molar-refractivity contribution in [3.8, 4) is 22.6 Å². The summed E-state index contributed by atoms with van der Waals surface area (Å²) in [5.41, 5.74) is 1.57. The Bertz CT molecular complexity index is 1440. The van der Waals surface area contributed by atoms with Crippen LogP contribution in [0.15, 0.2) is 53.3 Å². The number of esters is 1. The molecule has 2 aromatic carbocycles. The van der Waals surface area contributed by atoms with Crippen LogP contribution in [0.25, 0.3) is 11.1 Å². The number of nitrogens with one attached hydrogen (secondary N) is 2. The number of aromatic nitrogens is 1. The highest BCUT2D eigenvalue weighted by molar-refractivity contribution is 5.91. The number of pyridine rings is 1. The Balaban J connectivity index is 1.95. The lowest BCUT2D eigenvalue weighted by atomic mass is 9.95. The van der Waals surface area contributed by atoms with Crippen LogP contribution in [0.1, 0.15) is 36.2 Å². The Labute approximate surface area is 222 Å². The second-order valence-corrected chi connectivity index (χ2v) is 8.78. The number of aryl methyl sites for hydroxylation is 2. The molecule has 3 N–H and O–H groups in total. The minimum Gasteiger partial charge on any atom is -0.505 e. The van der Waals surface area contributed by atoms with Gasteiger partial charge in [-0.25, -0.2) is 4.79 Å². The maximum Gasteiger partial charge on any atom is 0.573 e. The molecule has 0 saturated heterocycles. The summed E-state index contributed by atoms with van der Waals surface area (Å²) in [6.07, 6.45) is -5.13. The predicted octanol–water partition coefficient (Wildman–Crippen LogP) is 5.09. The van der Waals surface area contributed by atoms with Gasteiger partial charge in [0.05, 0.1) is 19.1 Å². The number of carbonyl (C=O) groups excluding carboxylic acids is 2. The van der Waals surface area contributed by atoms with Crippen LogP contribution < -0.4 is 20.9 Å². The molecule has 0 aliphatic heterocycles. The summed E-state index contributed by atoms with van der Waals surface area (Å²) in [5, 5.41) is 15.2. The summed E-state index contributed by atoms with van der Waals surface area (Å²) in [5.74, 6) is -1.44. The number of aromatic hydroxyl groups is 1. The highest BCUT2D eigenvalue weighted by atomic mass is 19.4. The number of amides is 2. The Hall–Kier alpha value is -4.48. The molecule has 1 aromatic heterocycles. The minimum atomic E-state index is -4.86. The van der Waals surface area contributed by atoms with Crippen LogP contribution in [0.2, 0.25) is 0 Å². The molecular formula is C27H28F3N3O6. The van der Waals surface area contributed by atoms with E-state index in [1.54, 1.807) is 45.0 Å². The van der Waals surface area contributed by atoms with Crippen LogP contribution in [-0.4, -0.2) is 34.6 Å². The van der Waals surface area contributed by atoms with Gasteiger partial charge in [0.1, 0.15) is 11.5 Å². The predicted molar refractivity (Wildman–Crippen MR) is 138 cm³/mol. The van der Waals surface area contributed by atoms with Crippen LogP contribution >= 0.6 is 0 Å². The molecular weight excluding hydrogens is 519 g/mol. The first-order valence-electron chi connectivity index (χ1n) is 11.9. The zero-order chi connectivity index (χ0) is 28.9. The number of rotatable bonds is 8. The number of nitrogens with zero attached hydrogens (tertiary/aromatic N) is 1. The van der Waals surface area contributed by atoms with Gasteiger partial charge in [-0.15, -0.1) is 13.2 Å². The molecule has 0 radical (unpaired) electrons. The summed E-state index contributed by atoms with van der Waals surface area (Å²) < 4.78 is 48.5. The third kappa shape index (κ3) is 7.76. The summed E-state index contributed by atoms with van der Waals surface area (Å²) in [7, 11) is 1.48. The number of halogens is 3. The standard InChI is InChI=1S/C27H28F3N3O6/c1-5-38-23(35)14-21(31-26(37)32-24-22(34)11-16(3)33(4)25(24)36)19-10-15(2)9-18(12-19)17-7-6-8-20(13-17)39-27(28,29)30/h6-13,21,34H,5,14H2,1-4H3,(H2,31,32,37)/t21-/m0/s1. The van der Waals surface area contributed by atoms with Crippen molar-refractivity contribution < 1.29 is 37.3 Å². The molecule has 208 valence electrons. The average molecular weight is 548 g/mol. The lowest BCUT2D eigenvalue weighted by Crippen LogP contribution is -2.36. The number of hydrogen-bond donors (Lipinski definition) is 3. The molecule has 0 saturated carbocycles. The van der Waals surface area contributed by atoms with Gasteiger partial charge in [0.15, 0.2) is 5.69 Å². The van der Waals surface area contributed by atoms with E-state index in [0.717, 1.165) is 0 Å². The first-order chi connectivity index (χ1) is 18.3. The molecule has 2 amide bonds. The number of anilines is 1. The van der Waals surface area contributed by atoms with Crippen LogP contribution in [0, 0.1) is 13.8 Å². The van der Waals surface area contributed by atoms with Crippen LogP contribution in [-0.2, 0) is 16.6 Å². The summed E-state index contributed by atoms with van der Waals surface area (Å²) in [4.78, 5) is 37.8. The van der Waals surface area contributed by atoms with E-state index >= 15 is 0 Å². The van der Waals surface area contributed by atoms with Gasteiger partial charge in [0.2, 0.25) is 0 Å². The molecule has 0 aliphatic rings. The number of alkyl halides is 3. The maximum atomic E-state index is 12.9. The zero-order valence-electron chi connectivity index (χ0n) is 21.7. The van der Waals surface area contributed by atoms with E-state index in [-0.39, 0.29) is 18.7 Å². The third-order valence-corrected chi connectivity index (χ3v) is 5.77. The first-order valence-corrected chi connectivity index (χ1v) is 11.9. The van der Waals surface area contributed by atoms with Crippen molar-refractivity contribution >= 4 is 17.7 Å². The second-order valence-electron chi connectivity index (χ2n) is 8.78. The van der Waals surface area contributed by atoms with Gasteiger partial charge in [0, 0.05) is 18.8 Å². The van der Waals surface area contributed by atoms with Gasteiger partial charge in [-0.3, -0.25) is 9.59 Å². The van der Waals surface area contributed by atoms with Crippen molar-refractivity contribution in [1.82, 2.24) is 9.88 Å². The third-order valence-electron chi connectivity index (χ3n) is 5.77. The van der Waals surface area contributed by atoms with Gasteiger partial charge in [-0.05, 0) is 55.7 Å². The molecule has 39 heavy (non-hydrogen) atoms. The molecule has 1 atom stereocenters. The fraction of sp³-hybridized carbons (Fsp3) is 0.296. The number of ether oxygens (including phenoxy) is 2. The molecule has 3 rings (SSSR count). The van der Waals surface area contributed by atoms with Crippen LogP contribution in [0.5, 0.6) is 11.5 Å². The molecule has 0 bridgehead atoms. The van der Waals surface area contributed by atoms with Gasteiger partial charge in [0.25, 0.3) is 5.56 Å². The Morgan fingerprint density at radius 1 is 1.08 bits per heavy atom. The Morgan fingerprint density at radius 3 is 2.46 bits per heavy atom. The van der Waals surface area contributed by atoms with Crippen molar-refractivity contribution in [3.05, 3.63) is 75.7 Å². The van der Waals surface area contributed by atoms with Gasteiger partial charge in [-0.2, -0.15) is 0 Å². The van der Waals surface area contributed by atoms with Gasteiger partial charge >= 0.3 is 18.4 Å². The topological polar surface area (TPSA) is 119 Å². The molecule has 9 nitrogen and oxygen atoms in total. The van der Waals surface area contributed by atoms with E-state index in [9.17, 15) is 32.7 Å². The lowest BCUT2D eigenvalue weighted by Gasteiger charge is -2.21. The summed E-state index contributed by atoms with van der Waals surface area (Å²) >= 11 is 0. The van der Waals surface area contributed by atoms with Crippen molar-refractivity contribution in [2.45, 2.75) is 39.6 Å². The summed E-state index contributed by atoms with van der Waals surface area (Å²) in [6.45, 7) is 5.10. The fourth-order valence-electron chi connectivity index (χ4n) is 3.92. The fourth-order valence-corrected chi connectivity index (χ4v) is 3.92. The molecule has 1 heterocycles. The number of carbonyl (C=O) groups is 2. The molecule has 0 aliphatic carbocycles. The lowest BCUT2D eigenvalue weighted by molar-refractivity contribution is -0.274. The van der Waals surface area contributed by atoms with Crippen LogP contribution in [0.3, 0.4) is 0 Å². The Kier molecular flexibility index (Phi) is 8.89. The van der Waals surface area contributed by atoms with E-state index in [2.05, 4.69) is 15.4 Å². The largest absolute Gasteiger partial charge is 0.573 e. The molecule has 0 unspecified atom stereocenters. The average Bonchev–Trinajstić information content (AvgIpc) is 2.84. The molecule has 12 heteroatoms. The second kappa shape index (κ2) is 11.9. The highest BCUT2D eigenvalue weighted by Gasteiger charge is 2.31. The van der Waals surface area contributed by atoms with E-state index < -0.39 is 41.5 Å². The zero-order valence-corrected chi connectivity index (χ0v) is 21.7. The highest BCUT2D eigenvalue weighted by Crippen LogP contribution is 2.31. The number of hydrogen-bond acceptors (Lipinski definition) is 6. The van der Waals surface area contributed by atoms with Crippen molar-refractivity contribution in [2.24, 2.45) is 7.05 Å².